The third-order valence-corrected chi connectivity index (χ3v) is 5.72. The molecule has 0 atom stereocenters. The van der Waals surface area contributed by atoms with Crippen LogP contribution in [-0.2, 0) is 4.79 Å². The van der Waals surface area contributed by atoms with E-state index in [1.165, 1.54) is 6.42 Å². The Morgan fingerprint density at radius 3 is 2.24 bits per heavy atom. The number of benzene rings is 2. The van der Waals surface area contributed by atoms with Crippen molar-refractivity contribution in [1.29, 1.82) is 0 Å². The van der Waals surface area contributed by atoms with E-state index in [2.05, 4.69) is 9.98 Å². The molecule has 1 fully saturated rings. The second-order valence-corrected chi connectivity index (χ2v) is 8.73. The number of aliphatic carboxylic acids is 1. The van der Waals surface area contributed by atoms with Crippen LogP contribution < -0.4 is 0 Å². The van der Waals surface area contributed by atoms with Gasteiger partial charge < -0.3 is 10.0 Å². The van der Waals surface area contributed by atoms with Crippen molar-refractivity contribution in [3.63, 3.8) is 0 Å². The Kier molecular flexibility index (Phi) is 14.0. The van der Waals surface area contributed by atoms with Crippen molar-refractivity contribution >= 4 is 35.7 Å². The average Bonchev–Trinajstić information content (AvgIpc) is 2.93. The van der Waals surface area contributed by atoms with Gasteiger partial charge in [0.05, 0.1) is 11.4 Å². The smallest absolute Gasteiger partial charge is 0.303 e. The summed E-state index contributed by atoms with van der Waals surface area (Å²) >= 11 is 0. The van der Waals surface area contributed by atoms with Gasteiger partial charge in [0.1, 0.15) is 0 Å². The molecule has 1 saturated heterocycles. The molecule has 2 aromatic rings. The van der Waals surface area contributed by atoms with Crippen LogP contribution >= 0.6 is 0 Å². The van der Waals surface area contributed by atoms with E-state index in [0.29, 0.717) is 29.8 Å². The number of piperidine rings is 1. The SMILES string of the molecule is C/C=C\C=C/C.O=C(O)CCCCC=Nc1cc(C(=O)N2CCCCC2)ccc1N=Cc1ccccc1. The fourth-order valence-corrected chi connectivity index (χ4v) is 3.73. The zero-order chi connectivity index (χ0) is 26.7. The maximum absolute atomic E-state index is 12.9. The summed E-state index contributed by atoms with van der Waals surface area (Å²) in [5, 5.41) is 8.74. The van der Waals surface area contributed by atoms with Crippen molar-refractivity contribution in [3.05, 3.63) is 84.0 Å². The fourth-order valence-electron chi connectivity index (χ4n) is 3.73. The number of amides is 1. The highest BCUT2D eigenvalue weighted by Crippen LogP contribution is 2.30. The lowest BCUT2D eigenvalue weighted by atomic mass is 10.1. The summed E-state index contributed by atoms with van der Waals surface area (Å²) in [6.07, 6.45) is 17.1. The van der Waals surface area contributed by atoms with Crippen LogP contribution in [0.3, 0.4) is 0 Å². The number of carboxylic acids is 1. The molecule has 196 valence electrons. The van der Waals surface area contributed by atoms with Gasteiger partial charge in [0.25, 0.3) is 5.91 Å². The molecule has 1 N–H and O–H groups in total. The second kappa shape index (κ2) is 17.6. The summed E-state index contributed by atoms with van der Waals surface area (Å²) in [6, 6.07) is 15.3. The Labute approximate surface area is 221 Å². The maximum Gasteiger partial charge on any atom is 0.303 e. The quantitative estimate of drug-likeness (QED) is 0.207. The zero-order valence-electron chi connectivity index (χ0n) is 22.1. The third kappa shape index (κ3) is 11.7. The lowest BCUT2D eigenvalue weighted by Gasteiger charge is -2.26. The van der Waals surface area contributed by atoms with Crippen LogP contribution in [0.4, 0.5) is 11.4 Å². The fraction of sp³-hybridized carbons (Fsp3) is 0.355. The molecule has 0 unspecified atom stereocenters. The summed E-state index contributed by atoms with van der Waals surface area (Å²) in [5.41, 5.74) is 2.95. The van der Waals surface area contributed by atoms with Crippen LogP contribution in [0.5, 0.6) is 0 Å². The molecule has 1 aliphatic heterocycles. The topological polar surface area (TPSA) is 82.3 Å². The molecule has 0 bridgehead atoms. The normalized spacial score (nSPS) is 13.9. The van der Waals surface area contributed by atoms with Crippen LogP contribution in [0.15, 0.2) is 82.8 Å². The van der Waals surface area contributed by atoms with Gasteiger partial charge in [0.2, 0.25) is 0 Å². The van der Waals surface area contributed by atoms with Crippen LogP contribution in [0, 0.1) is 0 Å². The van der Waals surface area contributed by atoms with Gasteiger partial charge in [-0.05, 0) is 76.1 Å². The monoisotopic (exact) mass is 501 g/mol. The number of carbonyl (C=O) groups excluding carboxylic acids is 1. The van der Waals surface area contributed by atoms with Crippen molar-refractivity contribution in [2.75, 3.05) is 13.1 Å². The minimum absolute atomic E-state index is 0.0381. The molecule has 1 heterocycles. The highest BCUT2D eigenvalue weighted by Gasteiger charge is 2.19. The van der Waals surface area contributed by atoms with Gasteiger partial charge in [-0.15, -0.1) is 0 Å². The van der Waals surface area contributed by atoms with E-state index in [-0.39, 0.29) is 12.3 Å². The zero-order valence-corrected chi connectivity index (χ0v) is 22.1. The summed E-state index contributed by atoms with van der Waals surface area (Å²) in [6.45, 7) is 5.60. The van der Waals surface area contributed by atoms with Crippen LogP contribution in [-0.4, -0.2) is 47.4 Å². The van der Waals surface area contributed by atoms with E-state index in [1.807, 2.05) is 91.6 Å². The molecule has 0 radical (unpaired) electrons. The lowest BCUT2D eigenvalue weighted by Crippen LogP contribution is -2.35. The predicted octanol–water partition coefficient (Wildman–Crippen LogP) is 7.55. The molecule has 6 heteroatoms. The van der Waals surface area contributed by atoms with E-state index in [1.54, 1.807) is 12.4 Å². The molecule has 1 amide bonds. The number of carboxylic acid groups (broad SMARTS) is 1. The first kappa shape index (κ1) is 29.4. The minimum atomic E-state index is -0.779. The number of carbonyl (C=O) groups is 2. The standard InChI is InChI=1S/C25H29N3O3.C6H10/c29-24(30)12-6-2-7-15-26-23-18-21(25(31)28-16-8-3-9-17-28)13-14-22(23)27-19-20-10-4-1-5-11-20;1-3-5-6-4-2/h1,4-5,10-11,13-15,18-19H,2-3,6-9,12,16-17H2,(H,29,30);3-6H,1-2H3/b;5-3-,6-4-. The number of rotatable bonds is 10. The number of nitrogens with zero attached hydrogens (tertiary/aromatic N) is 3. The molecule has 6 nitrogen and oxygen atoms in total. The van der Waals surface area contributed by atoms with Gasteiger partial charge >= 0.3 is 5.97 Å². The van der Waals surface area contributed by atoms with Crippen molar-refractivity contribution in [2.24, 2.45) is 9.98 Å². The van der Waals surface area contributed by atoms with Crippen molar-refractivity contribution in [3.8, 4) is 0 Å². The summed E-state index contributed by atoms with van der Waals surface area (Å²) in [5.74, 6) is -0.741. The van der Waals surface area contributed by atoms with Crippen molar-refractivity contribution in [2.45, 2.75) is 58.8 Å². The van der Waals surface area contributed by atoms with Crippen LogP contribution in [0.2, 0.25) is 0 Å². The number of hydrogen-bond donors (Lipinski definition) is 1. The van der Waals surface area contributed by atoms with E-state index in [0.717, 1.165) is 37.9 Å². The number of hydrogen-bond acceptors (Lipinski definition) is 4. The first-order chi connectivity index (χ1) is 18.0. The van der Waals surface area contributed by atoms with Crippen LogP contribution in [0.25, 0.3) is 0 Å². The van der Waals surface area contributed by atoms with E-state index in [4.69, 9.17) is 5.11 Å². The number of allylic oxidation sites excluding steroid dienone is 4. The lowest BCUT2D eigenvalue weighted by molar-refractivity contribution is -0.137. The van der Waals surface area contributed by atoms with Gasteiger partial charge in [-0.3, -0.25) is 19.6 Å². The molecule has 0 saturated carbocycles. The summed E-state index contributed by atoms with van der Waals surface area (Å²) < 4.78 is 0. The molecule has 0 spiro atoms. The number of aliphatic imine (C=N–C) groups is 2. The first-order valence-electron chi connectivity index (χ1n) is 13.1. The summed E-state index contributed by atoms with van der Waals surface area (Å²) in [7, 11) is 0. The highest BCUT2D eigenvalue weighted by molar-refractivity contribution is 5.96. The van der Waals surface area contributed by atoms with E-state index in [9.17, 15) is 9.59 Å². The molecule has 1 aliphatic rings. The Balaban J connectivity index is 0.000000717. The molecular weight excluding hydrogens is 462 g/mol. The number of likely N-dealkylation sites (tertiary alicyclic amines) is 1. The highest BCUT2D eigenvalue weighted by atomic mass is 16.4. The van der Waals surface area contributed by atoms with Gasteiger partial charge in [0.15, 0.2) is 0 Å². The van der Waals surface area contributed by atoms with Crippen molar-refractivity contribution in [1.82, 2.24) is 4.90 Å². The molecule has 0 aromatic heterocycles. The van der Waals surface area contributed by atoms with Gasteiger partial charge in [-0.2, -0.15) is 0 Å². The van der Waals surface area contributed by atoms with Crippen LogP contribution in [0.1, 0.15) is 74.7 Å². The molecule has 3 rings (SSSR count). The predicted molar refractivity (Wildman–Crippen MR) is 154 cm³/mol. The maximum atomic E-state index is 12.9. The Morgan fingerprint density at radius 1 is 0.892 bits per heavy atom. The first-order valence-corrected chi connectivity index (χ1v) is 13.1. The molecular formula is C31H39N3O3. The van der Waals surface area contributed by atoms with Gasteiger partial charge in [-0.25, -0.2) is 0 Å². The summed E-state index contributed by atoms with van der Waals surface area (Å²) in [4.78, 5) is 34.6. The Bertz CT molecular complexity index is 1070. The van der Waals surface area contributed by atoms with E-state index < -0.39 is 5.97 Å². The van der Waals surface area contributed by atoms with Gasteiger partial charge in [-0.1, -0.05) is 54.6 Å². The average molecular weight is 502 g/mol. The molecule has 2 aromatic carbocycles. The molecule has 37 heavy (non-hydrogen) atoms. The van der Waals surface area contributed by atoms with E-state index >= 15 is 0 Å². The van der Waals surface area contributed by atoms with Crippen molar-refractivity contribution < 1.29 is 14.7 Å². The second-order valence-electron chi connectivity index (χ2n) is 8.73. The van der Waals surface area contributed by atoms with Gasteiger partial charge in [0, 0.05) is 37.5 Å². The minimum Gasteiger partial charge on any atom is -0.481 e. The third-order valence-electron chi connectivity index (χ3n) is 5.72. The number of unbranched alkanes of at least 4 members (excludes halogenated alkanes) is 2. The Morgan fingerprint density at radius 2 is 1.59 bits per heavy atom. The Hall–Kier alpha value is -3.80. The largest absolute Gasteiger partial charge is 0.481 e. The molecule has 0 aliphatic carbocycles.